The second kappa shape index (κ2) is 7.83. The number of hydrogen-bond acceptors (Lipinski definition) is 4. The molecule has 30 heavy (non-hydrogen) atoms. The third kappa shape index (κ3) is 3.71. The summed E-state index contributed by atoms with van der Waals surface area (Å²) in [7, 11) is 3.11. The van der Waals surface area contributed by atoms with Crippen LogP contribution in [-0.4, -0.2) is 36.7 Å². The van der Waals surface area contributed by atoms with Gasteiger partial charge in [-0.1, -0.05) is 26.0 Å². The Kier molecular flexibility index (Phi) is 5.36. The van der Waals surface area contributed by atoms with Gasteiger partial charge < -0.3 is 4.57 Å². The fourth-order valence-electron chi connectivity index (χ4n) is 4.68. The molecule has 0 bridgehead atoms. The van der Waals surface area contributed by atoms with Crippen molar-refractivity contribution in [3.05, 3.63) is 62.3 Å². The van der Waals surface area contributed by atoms with Crippen molar-refractivity contribution in [1.29, 1.82) is 0 Å². The number of rotatable bonds is 4. The molecular formula is C22H28FN5O2. The molecule has 0 saturated carbocycles. The average Bonchev–Trinajstić information content (AvgIpc) is 3.03. The number of imidazole rings is 1. The minimum Gasteiger partial charge on any atom is -0.317 e. The third-order valence-corrected chi connectivity index (χ3v) is 5.99. The van der Waals surface area contributed by atoms with Crippen LogP contribution < -0.4 is 11.2 Å². The van der Waals surface area contributed by atoms with Crippen molar-refractivity contribution in [2.24, 2.45) is 25.9 Å². The van der Waals surface area contributed by atoms with Crippen molar-refractivity contribution in [2.75, 3.05) is 13.1 Å². The van der Waals surface area contributed by atoms with E-state index in [1.54, 1.807) is 19.2 Å². The lowest BCUT2D eigenvalue weighted by atomic mass is 9.92. The molecule has 160 valence electrons. The van der Waals surface area contributed by atoms with Crippen LogP contribution in [0.15, 0.2) is 33.9 Å². The van der Waals surface area contributed by atoms with Crippen molar-refractivity contribution < 1.29 is 4.39 Å². The van der Waals surface area contributed by atoms with E-state index in [1.165, 1.54) is 30.2 Å². The van der Waals surface area contributed by atoms with Gasteiger partial charge in [0.15, 0.2) is 11.2 Å². The van der Waals surface area contributed by atoms with E-state index in [0.717, 1.165) is 29.0 Å². The molecule has 0 aliphatic carbocycles. The summed E-state index contributed by atoms with van der Waals surface area (Å²) in [4.78, 5) is 32.5. The summed E-state index contributed by atoms with van der Waals surface area (Å²) in [6.45, 7) is 7.44. The van der Waals surface area contributed by atoms with Gasteiger partial charge in [-0.05, 0) is 36.0 Å². The average molecular weight is 413 g/mol. The topological polar surface area (TPSA) is 65.1 Å². The number of aryl methyl sites for hydroxylation is 1. The highest BCUT2D eigenvalue weighted by Crippen LogP contribution is 2.23. The van der Waals surface area contributed by atoms with Gasteiger partial charge in [0.05, 0.1) is 6.54 Å². The summed E-state index contributed by atoms with van der Waals surface area (Å²) >= 11 is 0. The van der Waals surface area contributed by atoms with Gasteiger partial charge in [0.25, 0.3) is 5.56 Å². The molecule has 2 aromatic heterocycles. The molecule has 0 amide bonds. The molecule has 0 N–H and O–H groups in total. The summed E-state index contributed by atoms with van der Waals surface area (Å²) in [5.74, 6) is 1.64. The van der Waals surface area contributed by atoms with Gasteiger partial charge in [-0.15, -0.1) is 0 Å². The first kappa shape index (κ1) is 20.5. The minimum absolute atomic E-state index is 0.302. The Morgan fingerprint density at radius 1 is 1.00 bits per heavy atom. The van der Waals surface area contributed by atoms with Crippen LogP contribution in [0, 0.1) is 17.7 Å². The highest BCUT2D eigenvalue weighted by atomic mass is 19.1. The summed E-state index contributed by atoms with van der Waals surface area (Å²) in [5.41, 5.74) is 0.892. The SMILES string of the molecule is C[C@@H]1C[C@@H](C)CN(Cc2nc3c(c(=O)n(C)c(=O)n3C)n2Cc2ccc(F)cc2)C1. The normalized spacial score (nSPS) is 20.2. The Morgan fingerprint density at radius 2 is 1.63 bits per heavy atom. The summed E-state index contributed by atoms with van der Waals surface area (Å²) in [6, 6.07) is 6.25. The largest absolute Gasteiger partial charge is 0.332 e. The molecule has 3 aromatic rings. The number of benzene rings is 1. The van der Waals surface area contributed by atoms with Gasteiger partial charge in [0.1, 0.15) is 11.6 Å². The predicted octanol–water partition coefficient (Wildman–Crippen LogP) is 2.10. The molecular weight excluding hydrogens is 385 g/mol. The van der Waals surface area contributed by atoms with E-state index in [4.69, 9.17) is 4.98 Å². The van der Waals surface area contributed by atoms with Crippen molar-refractivity contribution in [3.8, 4) is 0 Å². The number of aromatic nitrogens is 4. The lowest BCUT2D eigenvalue weighted by molar-refractivity contribution is 0.130. The second-order valence-corrected chi connectivity index (χ2v) is 8.76. The summed E-state index contributed by atoms with van der Waals surface area (Å²) < 4.78 is 17.8. The monoisotopic (exact) mass is 413 g/mol. The van der Waals surface area contributed by atoms with Crippen LogP contribution in [0.25, 0.3) is 11.2 Å². The smallest absolute Gasteiger partial charge is 0.317 e. The summed E-state index contributed by atoms with van der Waals surface area (Å²) in [5, 5.41) is 0. The predicted molar refractivity (Wildman–Crippen MR) is 114 cm³/mol. The first-order valence-corrected chi connectivity index (χ1v) is 10.4. The zero-order valence-electron chi connectivity index (χ0n) is 17.9. The highest BCUT2D eigenvalue weighted by molar-refractivity contribution is 5.71. The van der Waals surface area contributed by atoms with Gasteiger partial charge in [-0.3, -0.25) is 18.8 Å². The molecule has 0 unspecified atom stereocenters. The van der Waals surface area contributed by atoms with Gasteiger partial charge in [0.2, 0.25) is 0 Å². The lowest BCUT2D eigenvalue weighted by Gasteiger charge is -2.34. The van der Waals surface area contributed by atoms with Crippen LogP contribution in [0.4, 0.5) is 4.39 Å². The standard InChI is InChI=1S/C22H28FN5O2/c1-14-9-15(2)11-27(10-14)13-18-24-20-19(21(29)26(4)22(30)25(20)3)28(18)12-16-5-7-17(23)8-6-16/h5-8,14-15H,9-13H2,1-4H3/t14-,15-/m1/s1. The Balaban J connectivity index is 1.84. The number of hydrogen-bond donors (Lipinski definition) is 0. The molecule has 4 rings (SSSR count). The van der Waals surface area contributed by atoms with Crippen molar-refractivity contribution in [1.82, 2.24) is 23.6 Å². The van der Waals surface area contributed by atoms with Gasteiger partial charge in [-0.25, -0.2) is 14.2 Å². The molecule has 1 aliphatic rings. The number of fused-ring (bicyclic) bond motifs is 1. The lowest BCUT2D eigenvalue weighted by Crippen LogP contribution is -2.39. The van der Waals surface area contributed by atoms with Crippen LogP contribution in [0.3, 0.4) is 0 Å². The number of nitrogens with zero attached hydrogens (tertiary/aromatic N) is 5. The Labute approximate surface area is 174 Å². The Hall–Kier alpha value is -2.74. The molecule has 3 heterocycles. The van der Waals surface area contributed by atoms with E-state index in [0.29, 0.717) is 36.1 Å². The van der Waals surface area contributed by atoms with E-state index < -0.39 is 5.69 Å². The van der Waals surface area contributed by atoms with Crippen LogP contribution in [0.2, 0.25) is 0 Å². The van der Waals surface area contributed by atoms with Crippen LogP contribution in [0.1, 0.15) is 31.7 Å². The zero-order chi connectivity index (χ0) is 21.6. The second-order valence-electron chi connectivity index (χ2n) is 8.76. The summed E-state index contributed by atoms with van der Waals surface area (Å²) in [6.07, 6.45) is 1.21. The quantitative estimate of drug-likeness (QED) is 0.657. The third-order valence-electron chi connectivity index (χ3n) is 5.99. The van der Waals surface area contributed by atoms with Crippen LogP contribution >= 0.6 is 0 Å². The maximum absolute atomic E-state index is 13.4. The minimum atomic E-state index is -0.398. The van der Waals surface area contributed by atoms with Gasteiger partial charge >= 0.3 is 5.69 Å². The van der Waals surface area contributed by atoms with E-state index in [1.807, 2.05) is 4.57 Å². The molecule has 1 fully saturated rings. The molecule has 0 spiro atoms. The molecule has 7 nitrogen and oxygen atoms in total. The van der Waals surface area contributed by atoms with E-state index in [2.05, 4.69) is 18.7 Å². The molecule has 8 heteroatoms. The fourth-order valence-corrected chi connectivity index (χ4v) is 4.68. The number of piperidine rings is 1. The number of likely N-dealkylation sites (tertiary alicyclic amines) is 1. The van der Waals surface area contributed by atoms with Crippen molar-refractivity contribution in [2.45, 2.75) is 33.4 Å². The maximum atomic E-state index is 13.4. The van der Waals surface area contributed by atoms with Crippen LogP contribution in [-0.2, 0) is 27.2 Å². The van der Waals surface area contributed by atoms with Crippen molar-refractivity contribution in [3.63, 3.8) is 0 Å². The number of halogens is 1. The van der Waals surface area contributed by atoms with Crippen LogP contribution in [0.5, 0.6) is 0 Å². The highest BCUT2D eigenvalue weighted by Gasteiger charge is 2.25. The molecule has 2 atom stereocenters. The molecule has 1 aliphatic heterocycles. The molecule has 1 aromatic carbocycles. The van der Waals surface area contributed by atoms with E-state index in [9.17, 15) is 14.0 Å². The Bertz CT molecular complexity index is 1180. The Morgan fingerprint density at radius 3 is 2.27 bits per heavy atom. The fraction of sp³-hybridized carbons (Fsp3) is 0.500. The first-order valence-electron chi connectivity index (χ1n) is 10.4. The van der Waals surface area contributed by atoms with Crippen molar-refractivity contribution >= 4 is 11.2 Å². The maximum Gasteiger partial charge on any atom is 0.332 e. The van der Waals surface area contributed by atoms with E-state index >= 15 is 0 Å². The van der Waals surface area contributed by atoms with Gasteiger partial charge in [-0.2, -0.15) is 0 Å². The molecule has 1 saturated heterocycles. The zero-order valence-corrected chi connectivity index (χ0v) is 17.9. The molecule has 0 radical (unpaired) electrons. The van der Waals surface area contributed by atoms with E-state index in [-0.39, 0.29) is 11.4 Å². The first-order chi connectivity index (χ1) is 14.2. The van der Waals surface area contributed by atoms with Gasteiger partial charge in [0, 0.05) is 33.7 Å².